The van der Waals surface area contributed by atoms with Crippen molar-refractivity contribution in [3.05, 3.63) is 95.6 Å². The first-order valence-corrected chi connectivity index (χ1v) is 11.3. The molecule has 0 unspecified atom stereocenters. The topological polar surface area (TPSA) is 78.8 Å². The van der Waals surface area contributed by atoms with Crippen molar-refractivity contribution < 1.29 is 13.2 Å². The highest BCUT2D eigenvalue weighted by molar-refractivity contribution is 7.92. The van der Waals surface area contributed by atoms with Crippen LogP contribution >= 0.6 is 0 Å². The van der Waals surface area contributed by atoms with Crippen molar-refractivity contribution >= 4 is 27.3 Å². The van der Waals surface area contributed by atoms with E-state index in [0.717, 1.165) is 21.0 Å². The summed E-state index contributed by atoms with van der Waals surface area (Å²) in [7, 11) is -3.96. The molecular weight excluding hydrogens is 410 g/mol. The molecule has 0 radical (unpaired) electrons. The molecule has 7 heteroatoms. The first-order chi connectivity index (χ1) is 14.8. The lowest BCUT2D eigenvalue weighted by molar-refractivity contribution is -0.119. The summed E-state index contributed by atoms with van der Waals surface area (Å²) in [5.41, 5.74) is 6.11. The zero-order valence-electron chi connectivity index (χ0n) is 17.7. The minimum atomic E-state index is -3.96. The summed E-state index contributed by atoms with van der Waals surface area (Å²) in [4.78, 5) is 12.8. The van der Waals surface area contributed by atoms with Crippen LogP contribution in [0, 0.1) is 13.8 Å². The molecule has 1 amide bonds. The molecular formula is C24H25N3O3S. The number of carbonyl (C=O) groups excluding carboxylic acids is 1. The van der Waals surface area contributed by atoms with Crippen LogP contribution in [-0.4, -0.2) is 26.6 Å². The second-order valence-corrected chi connectivity index (χ2v) is 9.07. The summed E-state index contributed by atoms with van der Waals surface area (Å²) >= 11 is 0. The Bertz CT molecular complexity index is 1190. The van der Waals surface area contributed by atoms with E-state index in [0.29, 0.717) is 11.4 Å². The minimum absolute atomic E-state index is 0.123. The minimum Gasteiger partial charge on any atom is -0.271 e. The van der Waals surface area contributed by atoms with E-state index in [1.165, 1.54) is 0 Å². The maximum Gasteiger partial charge on any atom is 0.264 e. The molecule has 0 aliphatic carbocycles. The van der Waals surface area contributed by atoms with Crippen molar-refractivity contribution in [1.82, 2.24) is 5.43 Å². The molecule has 0 bridgehead atoms. The fourth-order valence-corrected chi connectivity index (χ4v) is 4.52. The summed E-state index contributed by atoms with van der Waals surface area (Å²) in [6.45, 7) is 5.07. The zero-order chi connectivity index (χ0) is 22.4. The number of para-hydroxylation sites is 1. The van der Waals surface area contributed by atoms with Crippen molar-refractivity contribution in [3.63, 3.8) is 0 Å². The van der Waals surface area contributed by atoms with Gasteiger partial charge in [0.1, 0.15) is 6.54 Å². The van der Waals surface area contributed by atoms with Crippen molar-refractivity contribution in [1.29, 1.82) is 0 Å². The van der Waals surface area contributed by atoms with E-state index >= 15 is 0 Å². The van der Waals surface area contributed by atoms with E-state index in [2.05, 4.69) is 10.5 Å². The van der Waals surface area contributed by atoms with Crippen molar-refractivity contribution in [2.45, 2.75) is 25.7 Å². The van der Waals surface area contributed by atoms with Crippen molar-refractivity contribution in [2.24, 2.45) is 5.10 Å². The molecule has 6 nitrogen and oxygen atoms in total. The first-order valence-electron chi connectivity index (χ1n) is 9.82. The molecule has 0 atom stereocenters. The summed E-state index contributed by atoms with van der Waals surface area (Å²) < 4.78 is 27.9. The van der Waals surface area contributed by atoms with Gasteiger partial charge >= 0.3 is 0 Å². The third-order valence-electron chi connectivity index (χ3n) is 4.82. The van der Waals surface area contributed by atoms with Gasteiger partial charge in [-0.2, -0.15) is 5.10 Å². The van der Waals surface area contributed by atoms with Crippen LogP contribution in [0.15, 0.2) is 88.9 Å². The number of amides is 1. The molecule has 160 valence electrons. The lowest BCUT2D eigenvalue weighted by Crippen LogP contribution is -2.40. The predicted molar refractivity (Wildman–Crippen MR) is 124 cm³/mol. The highest BCUT2D eigenvalue weighted by Crippen LogP contribution is 2.26. The number of nitrogens with one attached hydrogen (secondary N) is 1. The van der Waals surface area contributed by atoms with Crippen LogP contribution in [0.5, 0.6) is 0 Å². The van der Waals surface area contributed by atoms with Gasteiger partial charge in [0.15, 0.2) is 0 Å². The molecule has 0 aliphatic rings. The van der Waals surface area contributed by atoms with Gasteiger partial charge in [0.25, 0.3) is 15.9 Å². The van der Waals surface area contributed by atoms with Crippen molar-refractivity contribution in [3.8, 4) is 0 Å². The van der Waals surface area contributed by atoms with Crippen LogP contribution in [-0.2, 0) is 14.8 Å². The molecule has 3 aromatic carbocycles. The average Bonchev–Trinajstić information content (AvgIpc) is 2.77. The highest BCUT2D eigenvalue weighted by Gasteiger charge is 2.28. The molecule has 3 rings (SSSR count). The molecule has 3 aromatic rings. The third-order valence-corrected chi connectivity index (χ3v) is 6.59. The Morgan fingerprint density at radius 1 is 0.903 bits per heavy atom. The number of benzene rings is 3. The van der Waals surface area contributed by atoms with E-state index in [1.807, 2.05) is 56.3 Å². The van der Waals surface area contributed by atoms with Crippen LogP contribution in [0.4, 0.5) is 5.69 Å². The van der Waals surface area contributed by atoms with E-state index in [9.17, 15) is 13.2 Å². The zero-order valence-corrected chi connectivity index (χ0v) is 18.6. The van der Waals surface area contributed by atoms with E-state index in [-0.39, 0.29) is 4.90 Å². The fraction of sp³-hybridized carbons (Fsp3) is 0.167. The quantitative estimate of drug-likeness (QED) is 0.449. The fourth-order valence-electron chi connectivity index (χ4n) is 3.04. The van der Waals surface area contributed by atoms with Crippen LogP contribution in [0.2, 0.25) is 0 Å². The number of carbonyl (C=O) groups is 1. The van der Waals surface area contributed by atoms with Gasteiger partial charge in [-0.3, -0.25) is 9.10 Å². The Kier molecular flexibility index (Phi) is 6.87. The van der Waals surface area contributed by atoms with Gasteiger partial charge in [-0.15, -0.1) is 0 Å². The summed E-state index contributed by atoms with van der Waals surface area (Å²) in [6.07, 6.45) is 0. The molecule has 0 aliphatic heterocycles. The van der Waals surface area contributed by atoms with Crippen molar-refractivity contribution in [2.75, 3.05) is 10.8 Å². The Hall–Kier alpha value is -3.45. The molecule has 1 N–H and O–H groups in total. The van der Waals surface area contributed by atoms with Gasteiger partial charge in [-0.1, -0.05) is 66.2 Å². The Balaban J connectivity index is 1.90. The van der Waals surface area contributed by atoms with E-state index in [1.54, 1.807) is 43.3 Å². The number of anilines is 1. The lowest BCUT2D eigenvalue weighted by Gasteiger charge is -2.25. The van der Waals surface area contributed by atoms with Gasteiger partial charge in [0, 0.05) is 0 Å². The van der Waals surface area contributed by atoms with Crippen LogP contribution < -0.4 is 9.73 Å². The molecule has 0 aromatic heterocycles. The molecule has 0 saturated carbocycles. The smallest absolute Gasteiger partial charge is 0.264 e. The van der Waals surface area contributed by atoms with E-state index < -0.39 is 22.5 Å². The number of nitrogens with zero attached hydrogens (tertiary/aromatic N) is 2. The summed E-state index contributed by atoms with van der Waals surface area (Å²) in [5.74, 6) is -0.533. The van der Waals surface area contributed by atoms with Gasteiger partial charge in [-0.05, 0) is 50.1 Å². The third kappa shape index (κ3) is 5.38. The molecule has 0 saturated heterocycles. The molecule has 31 heavy (non-hydrogen) atoms. The number of hydrazone groups is 1. The number of hydrogen-bond acceptors (Lipinski definition) is 4. The molecule has 0 spiro atoms. The second kappa shape index (κ2) is 9.57. The largest absolute Gasteiger partial charge is 0.271 e. The number of sulfonamides is 1. The SMILES string of the molecule is C/C(=N/NC(=O)CN(c1ccccc1C)S(=O)(=O)c1ccc(C)cc1)c1ccccc1. The first kappa shape index (κ1) is 22.2. The van der Waals surface area contributed by atoms with Crippen LogP contribution in [0.25, 0.3) is 0 Å². The monoisotopic (exact) mass is 435 g/mol. The summed E-state index contributed by atoms with van der Waals surface area (Å²) in [5, 5.41) is 4.13. The Labute approximate surface area is 183 Å². The van der Waals surface area contributed by atoms with Gasteiger partial charge in [-0.25, -0.2) is 13.8 Å². The lowest BCUT2D eigenvalue weighted by atomic mass is 10.1. The average molecular weight is 436 g/mol. The molecule has 0 heterocycles. The normalized spacial score (nSPS) is 11.8. The van der Waals surface area contributed by atoms with Gasteiger partial charge in [0.05, 0.1) is 16.3 Å². The number of aryl methyl sites for hydroxylation is 2. The highest BCUT2D eigenvalue weighted by atomic mass is 32.2. The number of hydrogen-bond donors (Lipinski definition) is 1. The van der Waals surface area contributed by atoms with Crippen LogP contribution in [0.3, 0.4) is 0 Å². The predicted octanol–water partition coefficient (Wildman–Crippen LogP) is 4.04. The Morgan fingerprint density at radius 2 is 1.52 bits per heavy atom. The van der Waals surface area contributed by atoms with Gasteiger partial charge < -0.3 is 0 Å². The Morgan fingerprint density at radius 3 is 2.16 bits per heavy atom. The standard InChI is InChI=1S/C24H25N3O3S/c1-18-13-15-22(16-14-18)31(29,30)27(23-12-8-7-9-19(23)2)17-24(28)26-25-20(3)21-10-5-4-6-11-21/h4-16H,17H2,1-3H3,(H,26,28)/b25-20-. The maximum atomic E-state index is 13.4. The van der Waals surface area contributed by atoms with E-state index in [4.69, 9.17) is 0 Å². The second-order valence-electron chi connectivity index (χ2n) is 7.21. The van der Waals surface area contributed by atoms with Crippen LogP contribution in [0.1, 0.15) is 23.6 Å². The summed E-state index contributed by atoms with van der Waals surface area (Å²) in [6, 6.07) is 23.0. The van der Waals surface area contributed by atoms with Gasteiger partial charge in [0.2, 0.25) is 0 Å². The maximum absolute atomic E-state index is 13.4. The number of rotatable bonds is 7. The molecule has 0 fully saturated rings.